The fraction of sp³-hybridized carbons (Fsp3) is 0.333. The number of nitrogen functional groups attached to an aromatic ring is 1. The van der Waals surface area contributed by atoms with Gasteiger partial charge in [-0.2, -0.15) is 0 Å². The van der Waals surface area contributed by atoms with Crippen LogP contribution >= 0.6 is 12.3 Å². The standard InChI is InChI=1S/C18H19F2N7O2S/c1-25(12-4-6-29-7-5-12)18-13(27(10-28)30-20)8-22-17(24-18)15-16(21)23-14-3-2-11(19)9-26(14)15/h2-3,8-10,12H,4-7,21H2,1H3. The van der Waals surface area contributed by atoms with Gasteiger partial charge in [-0.25, -0.2) is 23.6 Å². The molecule has 0 aliphatic carbocycles. The average molecular weight is 435 g/mol. The maximum Gasteiger partial charge on any atom is 0.226 e. The maximum atomic E-state index is 13.8. The fourth-order valence-electron chi connectivity index (χ4n) is 3.51. The Hall–Kier alpha value is -2.99. The number of pyridine rings is 1. The van der Waals surface area contributed by atoms with E-state index in [2.05, 4.69) is 15.0 Å². The maximum absolute atomic E-state index is 13.8. The zero-order valence-corrected chi connectivity index (χ0v) is 16.9. The van der Waals surface area contributed by atoms with Crippen LogP contribution in [-0.4, -0.2) is 52.1 Å². The van der Waals surface area contributed by atoms with Crippen molar-refractivity contribution in [1.82, 2.24) is 19.4 Å². The number of amides is 1. The zero-order valence-electron chi connectivity index (χ0n) is 16.0. The summed E-state index contributed by atoms with van der Waals surface area (Å²) in [4.78, 5) is 26.3. The smallest absolute Gasteiger partial charge is 0.226 e. The Morgan fingerprint density at radius 1 is 1.33 bits per heavy atom. The lowest BCUT2D eigenvalue weighted by Gasteiger charge is -2.33. The lowest BCUT2D eigenvalue weighted by molar-refractivity contribution is -0.106. The van der Waals surface area contributed by atoms with Crippen molar-refractivity contribution in [2.24, 2.45) is 0 Å². The summed E-state index contributed by atoms with van der Waals surface area (Å²) in [6.07, 6.45) is 4.43. The third-order valence-corrected chi connectivity index (χ3v) is 5.48. The lowest BCUT2D eigenvalue weighted by atomic mass is 10.1. The number of ether oxygens (including phenoxy) is 1. The van der Waals surface area contributed by atoms with Gasteiger partial charge in [-0.05, 0) is 25.0 Å². The second-order valence-electron chi connectivity index (χ2n) is 6.78. The van der Waals surface area contributed by atoms with Gasteiger partial charge < -0.3 is 15.4 Å². The van der Waals surface area contributed by atoms with Gasteiger partial charge in [0.1, 0.15) is 22.8 Å². The Morgan fingerprint density at radius 2 is 2.10 bits per heavy atom. The molecule has 0 atom stereocenters. The number of fused-ring (bicyclic) bond motifs is 1. The van der Waals surface area contributed by atoms with E-state index in [1.807, 2.05) is 11.9 Å². The molecule has 12 heteroatoms. The van der Waals surface area contributed by atoms with Gasteiger partial charge in [-0.15, -0.1) is 3.89 Å². The molecule has 1 amide bonds. The van der Waals surface area contributed by atoms with Crippen LogP contribution in [-0.2, 0) is 9.53 Å². The van der Waals surface area contributed by atoms with E-state index in [1.165, 1.54) is 28.9 Å². The van der Waals surface area contributed by atoms with Gasteiger partial charge in [0.15, 0.2) is 29.8 Å². The van der Waals surface area contributed by atoms with Crippen LogP contribution in [0.5, 0.6) is 0 Å². The predicted molar refractivity (Wildman–Crippen MR) is 110 cm³/mol. The highest BCUT2D eigenvalue weighted by atomic mass is 32.2. The van der Waals surface area contributed by atoms with Crippen LogP contribution in [0.3, 0.4) is 0 Å². The molecule has 9 nitrogen and oxygen atoms in total. The van der Waals surface area contributed by atoms with Crippen molar-refractivity contribution < 1.29 is 17.8 Å². The number of carbonyl (C=O) groups excluding carboxylic acids is 1. The first kappa shape index (κ1) is 20.3. The van der Waals surface area contributed by atoms with Crippen molar-refractivity contribution >= 4 is 41.7 Å². The predicted octanol–water partition coefficient (Wildman–Crippen LogP) is 2.62. The normalized spacial score (nSPS) is 14.8. The molecule has 0 unspecified atom stereocenters. The number of anilines is 3. The third-order valence-electron chi connectivity index (χ3n) is 5.05. The molecule has 1 saturated heterocycles. The summed E-state index contributed by atoms with van der Waals surface area (Å²) in [5.74, 6) is 0.172. The highest BCUT2D eigenvalue weighted by Gasteiger charge is 2.26. The quantitative estimate of drug-likeness (QED) is 0.466. The number of hydrogen-bond acceptors (Lipinski definition) is 8. The minimum Gasteiger partial charge on any atom is -0.382 e. The van der Waals surface area contributed by atoms with Crippen LogP contribution in [0.25, 0.3) is 17.2 Å². The van der Waals surface area contributed by atoms with Gasteiger partial charge in [0.2, 0.25) is 6.41 Å². The first-order valence-electron chi connectivity index (χ1n) is 9.17. The van der Waals surface area contributed by atoms with Gasteiger partial charge in [0, 0.05) is 32.5 Å². The topological polar surface area (TPSA) is 102 Å². The molecule has 2 N–H and O–H groups in total. The highest BCUT2D eigenvalue weighted by Crippen LogP contribution is 2.35. The molecule has 3 aromatic heterocycles. The van der Waals surface area contributed by atoms with Crippen LogP contribution in [0.4, 0.5) is 25.6 Å². The first-order chi connectivity index (χ1) is 14.5. The minimum absolute atomic E-state index is 0.0790. The summed E-state index contributed by atoms with van der Waals surface area (Å²) in [6, 6.07) is 2.85. The molecule has 1 fully saturated rings. The Balaban J connectivity index is 1.86. The molecular formula is C18H19F2N7O2S. The van der Waals surface area contributed by atoms with Crippen molar-refractivity contribution in [2.75, 3.05) is 35.2 Å². The van der Waals surface area contributed by atoms with Crippen LogP contribution in [0.1, 0.15) is 12.8 Å². The first-order valence-corrected chi connectivity index (χ1v) is 9.85. The van der Waals surface area contributed by atoms with Gasteiger partial charge in [0.25, 0.3) is 0 Å². The van der Waals surface area contributed by atoms with E-state index in [9.17, 15) is 13.1 Å². The summed E-state index contributed by atoms with van der Waals surface area (Å²) < 4.78 is 34.8. The minimum atomic E-state index is -0.474. The number of halogens is 2. The summed E-state index contributed by atoms with van der Waals surface area (Å²) >= 11 is -0.246. The molecular weight excluding hydrogens is 416 g/mol. The van der Waals surface area contributed by atoms with Crippen molar-refractivity contribution in [1.29, 1.82) is 0 Å². The van der Waals surface area contributed by atoms with Crippen LogP contribution < -0.4 is 14.9 Å². The number of carbonyl (C=O) groups is 1. The van der Waals surface area contributed by atoms with Gasteiger partial charge in [0.05, 0.1) is 6.20 Å². The lowest BCUT2D eigenvalue weighted by Crippen LogP contribution is -2.38. The molecule has 4 rings (SSSR count). The highest BCUT2D eigenvalue weighted by molar-refractivity contribution is 7.96. The summed E-state index contributed by atoms with van der Waals surface area (Å²) in [7, 11) is 1.81. The van der Waals surface area contributed by atoms with Gasteiger partial charge >= 0.3 is 0 Å². The largest absolute Gasteiger partial charge is 0.382 e. The SMILES string of the molecule is CN(c1nc(-c2c(N)nc3ccc(F)cn23)ncc1N(C=O)SF)C1CCOCC1. The molecule has 3 aromatic rings. The van der Waals surface area contributed by atoms with Gasteiger partial charge in [-0.3, -0.25) is 9.20 Å². The monoisotopic (exact) mass is 435 g/mol. The second-order valence-corrected chi connectivity index (χ2v) is 7.31. The number of hydrogen-bond donors (Lipinski definition) is 1. The number of nitrogens with zero attached hydrogens (tertiary/aromatic N) is 6. The Labute approximate surface area is 175 Å². The molecule has 0 bridgehead atoms. The van der Waals surface area contributed by atoms with Crippen molar-refractivity contribution in [3.05, 3.63) is 30.3 Å². The van der Waals surface area contributed by atoms with E-state index >= 15 is 0 Å². The molecule has 1 aliphatic rings. The van der Waals surface area contributed by atoms with E-state index < -0.39 is 5.82 Å². The molecule has 4 heterocycles. The van der Waals surface area contributed by atoms with E-state index in [1.54, 1.807) is 0 Å². The van der Waals surface area contributed by atoms with Crippen LogP contribution in [0.2, 0.25) is 0 Å². The van der Waals surface area contributed by atoms with Crippen molar-refractivity contribution in [3.63, 3.8) is 0 Å². The molecule has 0 saturated carbocycles. The number of imidazole rings is 1. The van der Waals surface area contributed by atoms with Crippen molar-refractivity contribution in [3.8, 4) is 11.5 Å². The summed E-state index contributed by atoms with van der Waals surface area (Å²) in [6.45, 7) is 1.19. The second kappa shape index (κ2) is 8.40. The summed E-state index contributed by atoms with van der Waals surface area (Å²) in [5, 5.41) is 0. The van der Waals surface area contributed by atoms with E-state index in [0.29, 0.717) is 36.8 Å². The molecule has 0 aromatic carbocycles. The third kappa shape index (κ3) is 3.63. The number of aromatic nitrogens is 4. The van der Waals surface area contributed by atoms with Crippen LogP contribution in [0.15, 0.2) is 24.5 Å². The Kier molecular flexibility index (Phi) is 5.68. The molecule has 30 heavy (non-hydrogen) atoms. The van der Waals surface area contributed by atoms with Gasteiger partial charge in [-0.1, -0.05) is 0 Å². The van der Waals surface area contributed by atoms with E-state index in [0.717, 1.165) is 17.1 Å². The fourth-order valence-corrected chi connectivity index (χ4v) is 3.75. The Bertz CT molecular complexity index is 1070. The molecule has 1 aliphatic heterocycles. The van der Waals surface area contributed by atoms with Crippen LogP contribution in [0, 0.1) is 5.82 Å². The van der Waals surface area contributed by atoms with E-state index in [4.69, 9.17) is 10.5 Å². The number of rotatable bonds is 6. The van der Waals surface area contributed by atoms with E-state index in [-0.39, 0.29) is 35.7 Å². The zero-order chi connectivity index (χ0) is 21.3. The van der Waals surface area contributed by atoms with Crippen molar-refractivity contribution in [2.45, 2.75) is 18.9 Å². The molecule has 0 spiro atoms. The number of nitrogens with two attached hydrogens (primary N) is 1. The molecule has 158 valence electrons. The average Bonchev–Trinajstić information content (AvgIpc) is 3.09. The summed E-state index contributed by atoms with van der Waals surface area (Å²) in [5.41, 5.74) is 6.99. The Morgan fingerprint density at radius 3 is 2.80 bits per heavy atom. The molecule has 0 radical (unpaired) electrons.